The standard InChI is InChI=1S/C26H23ClN4O7/c1-35-22-10-17(7-8-20(22)36-14-24(32)30-19-5-3-2-4-18(19)27)13-29-31-26(34)25(33)28-12-16-6-9-21-23(11-16)38-15-37-21/h2-11,13H,12,14-15H2,1H3,(H,28,33)(H,30,32)(H,31,34)/b29-13-. The predicted octanol–water partition coefficient (Wildman–Crippen LogP) is 2.86. The highest BCUT2D eigenvalue weighted by molar-refractivity contribution is 6.35. The van der Waals surface area contributed by atoms with E-state index in [1.807, 2.05) is 0 Å². The summed E-state index contributed by atoms with van der Waals surface area (Å²) < 4.78 is 21.4. The molecule has 0 fully saturated rings. The zero-order valence-electron chi connectivity index (χ0n) is 20.2. The maximum Gasteiger partial charge on any atom is 0.329 e. The molecule has 1 aliphatic rings. The summed E-state index contributed by atoms with van der Waals surface area (Å²) in [6, 6.07) is 16.9. The maximum absolute atomic E-state index is 12.2. The Hall–Kier alpha value is -4.77. The first-order valence-electron chi connectivity index (χ1n) is 11.3. The number of halogens is 1. The third-order valence-electron chi connectivity index (χ3n) is 5.17. The fourth-order valence-corrected chi connectivity index (χ4v) is 3.49. The molecule has 3 aromatic rings. The minimum Gasteiger partial charge on any atom is -0.493 e. The average Bonchev–Trinajstić information content (AvgIpc) is 3.40. The number of carbonyl (C=O) groups is 3. The van der Waals surface area contributed by atoms with Gasteiger partial charge in [0.05, 0.1) is 24.0 Å². The minimum atomic E-state index is -0.932. The number of hydrogen-bond acceptors (Lipinski definition) is 8. The lowest BCUT2D eigenvalue weighted by atomic mass is 10.2. The van der Waals surface area contributed by atoms with Crippen LogP contribution in [0.15, 0.2) is 65.8 Å². The summed E-state index contributed by atoms with van der Waals surface area (Å²) in [6.07, 6.45) is 1.33. The van der Waals surface area contributed by atoms with Gasteiger partial charge in [-0.05, 0) is 53.6 Å². The minimum absolute atomic E-state index is 0.127. The van der Waals surface area contributed by atoms with Crippen LogP contribution in [0.2, 0.25) is 5.02 Å². The van der Waals surface area contributed by atoms with Crippen LogP contribution in [-0.2, 0) is 20.9 Å². The van der Waals surface area contributed by atoms with E-state index >= 15 is 0 Å². The molecular formula is C26H23ClN4O7. The van der Waals surface area contributed by atoms with Crippen molar-refractivity contribution < 1.29 is 33.3 Å². The van der Waals surface area contributed by atoms with Gasteiger partial charge in [0.15, 0.2) is 29.6 Å². The van der Waals surface area contributed by atoms with Crippen LogP contribution in [-0.4, -0.2) is 44.4 Å². The second-order valence-electron chi connectivity index (χ2n) is 7.80. The van der Waals surface area contributed by atoms with Gasteiger partial charge in [0.1, 0.15) is 0 Å². The molecule has 4 rings (SSSR count). The van der Waals surface area contributed by atoms with E-state index in [4.69, 9.17) is 30.5 Å². The Balaban J connectivity index is 1.25. The van der Waals surface area contributed by atoms with Gasteiger partial charge in [0.2, 0.25) is 6.79 Å². The number of fused-ring (bicyclic) bond motifs is 1. The summed E-state index contributed by atoms with van der Waals surface area (Å²) in [4.78, 5) is 36.3. The Bertz CT molecular complexity index is 1380. The first-order chi connectivity index (χ1) is 18.4. The molecule has 0 aliphatic carbocycles. The monoisotopic (exact) mass is 538 g/mol. The van der Waals surface area contributed by atoms with Gasteiger partial charge >= 0.3 is 11.8 Å². The van der Waals surface area contributed by atoms with Gasteiger partial charge in [0, 0.05) is 6.54 Å². The summed E-state index contributed by atoms with van der Waals surface area (Å²) >= 11 is 6.04. The summed E-state index contributed by atoms with van der Waals surface area (Å²) in [7, 11) is 1.44. The van der Waals surface area contributed by atoms with Crippen molar-refractivity contribution in [2.24, 2.45) is 5.10 Å². The van der Waals surface area contributed by atoms with E-state index in [2.05, 4.69) is 21.2 Å². The number of amides is 3. The lowest BCUT2D eigenvalue weighted by Crippen LogP contribution is -2.37. The average molecular weight is 539 g/mol. The van der Waals surface area contributed by atoms with Crippen LogP contribution in [0.3, 0.4) is 0 Å². The van der Waals surface area contributed by atoms with E-state index in [1.165, 1.54) is 13.3 Å². The molecule has 0 saturated carbocycles. The van der Waals surface area contributed by atoms with Crippen molar-refractivity contribution in [1.29, 1.82) is 0 Å². The molecule has 0 saturated heterocycles. The maximum atomic E-state index is 12.2. The molecule has 196 valence electrons. The van der Waals surface area contributed by atoms with Gasteiger partial charge < -0.3 is 29.6 Å². The van der Waals surface area contributed by atoms with Crippen molar-refractivity contribution >= 4 is 41.2 Å². The van der Waals surface area contributed by atoms with E-state index in [9.17, 15) is 14.4 Å². The summed E-state index contributed by atoms with van der Waals surface area (Å²) in [5, 5.41) is 9.39. The van der Waals surface area contributed by atoms with Crippen LogP contribution >= 0.6 is 11.6 Å². The molecule has 0 bridgehead atoms. The molecule has 0 aromatic heterocycles. The van der Waals surface area contributed by atoms with Crippen molar-refractivity contribution in [3.8, 4) is 23.0 Å². The van der Waals surface area contributed by atoms with Gasteiger partial charge in [-0.15, -0.1) is 0 Å². The Kier molecular flexibility index (Phi) is 8.62. The van der Waals surface area contributed by atoms with Crippen LogP contribution in [0.25, 0.3) is 0 Å². The molecule has 11 nitrogen and oxygen atoms in total. The van der Waals surface area contributed by atoms with Crippen LogP contribution in [0.4, 0.5) is 5.69 Å². The van der Waals surface area contributed by atoms with Crippen molar-refractivity contribution in [2.45, 2.75) is 6.54 Å². The van der Waals surface area contributed by atoms with E-state index in [1.54, 1.807) is 60.7 Å². The number of hydrazone groups is 1. The van der Waals surface area contributed by atoms with E-state index in [-0.39, 0.29) is 19.9 Å². The highest BCUT2D eigenvalue weighted by atomic mass is 35.5. The third-order valence-corrected chi connectivity index (χ3v) is 5.50. The van der Waals surface area contributed by atoms with Gasteiger partial charge in [-0.2, -0.15) is 5.10 Å². The Morgan fingerprint density at radius 1 is 1.00 bits per heavy atom. The Labute approximate surface area is 222 Å². The predicted molar refractivity (Wildman–Crippen MR) is 139 cm³/mol. The molecule has 0 unspecified atom stereocenters. The smallest absolute Gasteiger partial charge is 0.329 e. The second kappa shape index (κ2) is 12.5. The fraction of sp³-hybridized carbons (Fsp3) is 0.154. The van der Waals surface area contributed by atoms with E-state index < -0.39 is 17.7 Å². The first-order valence-corrected chi connectivity index (χ1v) is 11.7. The molecule has 0 spiro atoms. The number of carbonyl (C=O) groups excluding carboxylic acids is 3. The van der Waals surface area contributed by atoms with Crippen molar-refractivity contribution in [3.05, 3.63) is 76.8 Å². The molecule has 0 atom stereocenters. The van der Waals surface area contributed by atoms with Gasteiger partial charge in [0.25, 0.3) is 5.91 Å². The molecular weight excluding hydrogens is 516 g/mol. The van der Waals surface area contributed by atoms with Crippen LogP contribution in [0, 0.1) is 0 Å². The molecule has 12 heteroatoms. The molecule has 38 heavy (non-hydrogen) atoms. The molecule has 1 aliphatic heterocycles. The number of para-hydroxylation sites is 1. The first kappa shape index (κ1) is 26.3. The van der Waals surface area contributed by atoms with Crippen LogP contribution in [0.5, 0.6) is 23.0 Å². The number of benzene rings is 3. The van der Waals surface area contributed by atoms with Gasteiger partial charge in [-0.1, -0.05) is 29.8 Å². The highest BCUT2D eigenvalue weighted by Crippen LogP contribution is 2.32. The molecule has 1 heterocycles. The quantitative estimate of drug-likeness (QED) is 0.216. The number of hydrogen-bond donors (Lipinski definition) is 3. The van der Waals surface area contributed by atoms with Crippen LogP contribution in [0.1, 0.15) is 11.1 Å². The molecule has 3 amide bonds. The topological polar surface area (TPSA) is 137 Å². The number of nitrogens with one attached hydrogen (secondary N) is 3. The number of anilines is 1. The SMILES string of the molecule is COc1cc(/C=N\NC(=O)C(=O)NCc2ccc3c(c2)OCO3)ccc1OCC(=O)Nc1ccccc1Cl. The lowest BCUT2D eigenvalue weighted by Gasteiger charge is -2.12. The Morgan fingerprint density at radius 2 is 1.82 bits per heavy atom. The summed E-state index contributed by atoms with van der Waals surface area (Å²) in [5.74, 6) is -0.307. The van der Waals surface area contributed by atoms with Gasteiger partial charge in [-0.3, -0.25) is 14.4 Å². The van der Waals surface area contributed by atoms with E-state index in [0.29, 0.717) is 39.3 Å². The van der Waals surface area contributed by atoms with Crippen molar-refractivity contribution in [3.63, 3.8) is 0 Å². The fourth-order valence-electron chi connectivity index (χ4n) is 3.31. The number of nitrogens with zero attached hydrogens (tertiary/aromatic N) is 1. The van der Waals surface area contributed by atoms with E-state index in [0.717, 1.165) is 5.56 Å². The largest absolute Gasteiger partial charge is 0.493 e. The number of ether oxygens (including phenoxy) is 4. The summed E-state index contributed by atoms with van der Waals surface area (Å²) in [5.41, 5.74) is 3.94. The molecule has 3 aromatic carbocycles. The van der Waals surface area contributed by atoms with Crippen molar-refractivity contribution in [1.82, 2.24) is 10.7 Å². The normalized spacial score (nSPS) is 11.6. The zero-order chi connectivity index (χ0) is 26.9. The third kappa shape index (κ3) is 6.92. The number of rotatable bonds is 9. The van der Waals surface area contributed by atoms with Crippen LogP contribution < -0.4 is 35.0 Å². The molecule has 3 N–H and O–H groups in total. The zero-order valence-corrected chi connectivity index (χ0v) is 20.9. The lowest BCUT2D eigenvalue weighted by molar-refractivity contribution is -0.139. The number of methoxy groups -OCH3 is 1. The molecule has 0 radical (unpaired) electrons. The summed E-state index contributed by atoms with van der Waals surface area (Å²) in [6.45, 7) is 0.00291. The Morgan fingerprint density at radius 3 is 2.63 bits per heavy atom. The van der Waals surface area contributed by atoms with Crippen molar-refractivity contribution in [2.75, 3.05) is 25.8 Å². The second-order valence-corrected chi connectivity index (χ2v) is 8.20. The highest BCUT2D eigenvalue weighted by Gasteiger charge is 2.16. The van der Waals surface area contributed by atoms with Gasteiger partial charge in [-0.25, -0.2) is 5.43 Å².